The maximum atomic E-state index is 10.5. The second-order valence-corrected chi connectivity index (χ2v) is 5.01. The molecule has 1 unspecified atom stereocenters. The van der Waals surface area contributed by atoms with Crippen molar-refractivity contribution < 1.29 is 33.2 Å². The normalized spacial score (nSPS) is 17.8. The summed E-state index contributed by atoms with van der Waals surface area (Å²) in [7, 11) is -9.27. The van der Waals surface area contributed by atoms with Crippen LogP contribution in [0, 0.1) is 0 Å². The summed E-state index contributed by atoms with van der Waals surface area (Å²) in [5, 5.41) is 8.13. The minimum absolute atomic E-state index is 0.673. The van der Waals surface area contributed by atoms with E-state index >= 15 is 0 Å². The Morgan fingerprint density at radius 1 is 1.18 bits per heavy atom. The maximum absolute atomic E-state index is 10.5. The fourth-order valence-corrected chi connectivity index (χ4v) is 2.24. The molecule has 0 aliphatic carbocycles. The molecule has 0 heterocycles. The van der Waals surface area contributed by atoms with Gasteiger partial charge in [0.15, 0.2) is 0 Å². The average molecular weight is 206 g/mol. The van der Waals surface area contributed by atoms with Crippen molar-refractivity contribution in [2.75, 3.05) is 12.8 Å². The lowest BCUT2D eigenvalue weighted by molar-refractivity contribution is 0.255. The molecule has 0 aliphatic rings. The van der Waals surface area contributed by atoms with E-state index in [4.69, 9.17) is 19.8 Å². The minimum atomic E-state index is -4.94. The van der Waals surface area contributed by atoms with Gasteiger partial charge in [0.25, 0.3) is 0 Å². The highest BCUT2D eigenvalue weighted by Gasteiger charge is 2.29. The van der Waals surface area contributed by atoms with Gasteiger partial charge in [-0.1, -0.05) is 0 Å². The standard InChI is InChI=1S/C2H8O7P2/c3-1-2-10(4,5)9-11(6,7)8/h3H,1-2H2,(H,4,5)(H2,6,7,8). The van der Waals surface area contributed by atoms with Crippen LogP contribution in [0.4, 0.5) is 0 Å². The van der Waals surface area contributed by atoms with Gasteiger partial charge in [0.1, 0.15) is 0 Å². The lowest BCUT2D eigenvalue weighted by atomic mass is 10.9. The molecule has 0 fully saturated rings. The number of rotatable bonds is 4. The Morgan fingerprint density at radius 2 is 1.64 bits per heavy atom. The van der Waals surface area contributed by atoms with Gasteiger partial charge in [-0.05, 0) is 0 Å². The van der Waals surface area contributed by atoms with Crippen molar-refractivity contribution in [3.8, 4) is 0 Å². The molecule has 0 rings (SSSR count). The largest absolute Gasteiger partial charge is 0.476 e. The highest BCUT2D eigenvalue weighted by Crippen LogP contribution is 2.56. The van der Waals surface area contributed by atoms with Gasteiger partial charge in [0, 0.05) is 0 Å². The third kappa shape index (κ3) is 6.65. The molecule has 0 amide bonds. The van der Waals surface area contributed by atoms with Crippen LogP contribution in [0.1, 0.15) is 0 Å². The molecule has 1 atom stereocenters. The zero-order valence-corrected chi connectivity index (χ0v) is 7.11. The van der Waals surface area contributed by atoms with Crippen LogP contribution in [0.3, 0.4) is 0 Å². The SMILES string of the molecule is O=P(O)(O)OP(=O)(O)CCO. The molecular formula is C2H8O7P2. The fraction of sp³-hybridized carbons (Fsp3) is 1.00. The van der Waals surface area contributed by atoms with Crippen molar-refractivity contribution in [1.29, 1.82) is 0 Å². The summed E-state index contributed by atoms with van der Waals surface area (Å²) in [4.78, 5) is 24.6. The van der Waals surface area contributed by atoms with E-state index in [9.17, 15) is 9.13 Å². The summed E-state index contributed by atoms with van der Waals surface area (Å²) in [6.07, 6.45) is -0.696. The van der Waals surface area contributed by atoms with Gasteiger partial charge in [-0.15, -0.1) is 0 Å². The van der Waals surface area contributed by atoms with Crippen LogP contribution < -0.4 is 0 Å². The van der Waals surface area contributed by atoms with Gasteiger partial charge in [-0.3, -0.25) is 4.57 Å². The lowest BCUT2D eigenvalue weighted by Crippen LogP contribution is -1.96. The van der Waals surface area contributed by atoms with E-state index in [0.717, 1.165) is 0 Å². The van der Waals surface area contributed by atoms with Crippen LogP contribution in [-0.2, 0) is 13.4 Å². The molecule has 0 saturated carbocycles. The van der Waals surface area contributed by atoms with Crippen LogP contribution in [0.15, 0.2) is 0 Å². The second-order valence-electron chi connectivity index (χ2n) is 1.66. The first kappa shape index (κ1) is 11.3. The second kappa shape index (κ2) is 3.78. The third-order valence-electron chi connectivity index (χ3n) is 0.617. The van der Waals surface area contributed by atoms with Gasteiger partial charge in [-0.2, -0.15) is 0 Å². The molecule has 68 valence electrons. The van der Waals surface area contributed by atoms with Crippen LogP contribution in [0.2, 0.25) is 0 Å². The zero-order valence-electron chi connectivity index (χ0n) is 5.32. The van der Waals surface area contributed by atoms with Crippen molar-refractivity contribution in [3.05, 3.63) is 0 Å². The molecule has 0 bridgehead atoms. The van der Waals surface area contributed by atoms with E-state index in [1.54, 1.807) is 0 Å². The highest BCUT2D eigenvalue weighted by molar-refractivity contribution is 7.63. The molecule has 9 heteroatoms. The van der Waals surface area contributed by atoms with E-state index < -0.39 is 28.2 Å². The number of hydrogen-bond acceptors (Lipinski definition) is 4. The quantitative estimate of drug-likeness (QED) is 0.447. The molecule has 0 aromatic rings. The molecule has 0 radical (unpaired) electrons. The van der Waals surface area contributed by atoms with E-state index in [0.29, 0.717) is 0 Å². The Labute approximate surface area is 62.4 Å². The van der Waals surface area contributed by atoms with E-state index in [2.05, 4.69) is 4.31 Å². The Balaban J connectivity index is 4.14. The highest BCUT2D eigenvalue weighted by atomic mass is 31.3. The summed E-state index contributed by atoms with van der Waals surface area (Å²) in [5.41, 5.74) is 0. The van der Waals surface area contributed by atoms with Gasteiger partial charge >= 0.3 is 15.4 Å². The Kier molecular flexibility index (Phi) is 3.87. The minimum Gasteiger partial charge on any atom is -0.396 e. The third-order valence-corrected chi connectivity index (χ3v) is 3.25. The van der Waals surface area contributed by atoms with Gasteiger partial charge in [0.2, 0.25) is 0 Å². The monoisotopic (exact) mass is 206 g/mol. The zero-order chi connectivity index (χ0) is 9.12. The summed E-state index contributed by atoms with van der Waals surface area (Å²) in [6.45, 7) is -0.673. The van der Waals surface area contributed by atoms with Crippen molar-refractivity contribution in [3.63, 3.8) is 0 Å². The van der Waals surface area contributed by atoms with Crippen molar-refractivity contribution >= 4 is 15.4 Å². The number of phosphoric acid groups is 1. The van der Waals surface area contributed by atoms with Gasteiger partial charge in [-0.25, -0.2) is 8.88 Å². The van der Waals surface area contributed by atoms with Crippen LogP contribution >= 0.6 is 15.4 Å². The first-order valence-electron chi connectivity index (χ1n) is 2.46. The molecule has 7 nitrogen and oxygen atoms in total. The number of aliphatic hydroxyl groups excluding tert-OH is 1. The number of hydrogen-bond donors (Lipinski definition) is 4. The Hall–Kier alpha value is 0.260. The Morgan fingerprint density at radius 3 is 1.91 bits per heavy atom. The Bertz CT molecular complexity index is 204. The van der Waals surface area contributed by atoms with Crippen LogP contribution in [-0.4, -0.2) is 32.6 Å². The molecule has 0 spiro atoms. The molecule has 0 aliphatic heterocycles. The van der Waals surface area contributed by atoms with Gasteiger partial charge < -0.3 is 19.8 Å². The molecule has 4 N–H and O–H groups in total. The number of aliphatic hydroxyl groups is 1. The molecular weight excluding hydrogens is 198 g/mol. The summed E-state index contributed by atoms with van der Waals surface area (Å²) in [6, 6.07) is 0. The van der Waals surface area contributed by atoms with Crippen LogP contribution in [0.5, 0.6) is 0 Å². The average Bonchev–Trinajstić information content (AvgIpc) is 1.55. The van der Waals surface area contributed by atoms with Gasteiger partial charge in [0.05, 0.1) is 12.8 Å². The molecule has 0 saturated heterocycles. The molecule has 0 aromatic heterocycles. The van der Waals surface area contributed by atoms with E-state index in [1.807, 2.05) is 0 Å². The van der Waals surface area contributed by atoms with Crippen molar-refractivity contribution in [1.82, 2.24) is 0 Å². The van der Waals surface area contributed by atoms with Crippen molar-refractivity contribution in [2.45, 2.75) is 0 Å². The van der Waals surface area contributed by atoms with E-state index in [-0.39, 0.29) is 0 Å². The summed E-state index contributed by atoms with van der Waals surface area (Å²) < 4.78 is 24.0. The summed E-state index contributed by atoms with van der Waals surface area (Å²) >= 11 is 0. The summed E-state index contributed by atoms with van der Waals surface area (Å²) in [5.74, 6) is 0. The van der Waals surface area contributed by atoms with Crippen LogP contribution in [0.25, 0.3) is 0 Å². The first-order chi connectivity index (χ1) is 4.77. The topological polar surface area (TPSA) is 124 Å². The lowest BCUT2D eigenvalue weighted by Gasteiger charge is -2.10. The fourth-order valence-electron chi connectivity index (χ4n) is 0.333. The predicted molar refractivity (Wildman–Crippen MR) is 34.9 cm³/mol. The van der Waals surface area contributed by atoms with E-state index in [1.165, 1.54) is 0 Å². The molecule has 0 aromatic carbocycles. The molecule has 11 heavy (non-hydrogen) atoms. The predicted octanol–water partition coefficient (Wildman–Crippen LogP) is -0.727. The first-order valence-corrected chi connectivity index (χ1v) is 5.76. The maximum Gasteiger partial charge on any atom is 0.476 e. The van der Waals surface area contributed by atoms with Crippen molar-refractivity contribution in [2.24, 2.45) is 0 Å². The smallest absolute Gasteiger partial charge is 0.396 e.